The number of amides is 1. The predicted molar refractivity (Wildman–Crippen MR) is 84.5 cm³/mol. The first-order chi connectivity index (χ1) is 11.0. The minimum atomic E-state index is -0.994. The summed E-state index contributed by atoms with van der Waals surface area (Å²) in [6.07, 6.45) is 3.86. The Labute approximate surface area is 138 Å². The van der Waals surface area contributed by atoms with Crippen LogP contribution in [0.5, 0.6) is 0 Å². The Bertz CT molecular complexity index is 729. The van der Waals surface area contributed by atoms with Gasteiger partial charge in [-0.05, 0) is 30.2 Å². The van der Waals surface area contributed by atoms with Gasteiger partial charge in [-0.2, -0.15) is 5.90 Å². The standard InChI is InChI=1S/C15H17ClN4O3/c1-2-20-8-19-7-11(20)6-10-5-9(15(22)23-18)3-4-12(10)13(16)14(17)21/h3-5,7-8,13H,2,6,18H2,1H3,(H2,17,21). The van der Waals surface area contributed by atoms with Crippen LogP contribution in [0.25, 0.3) is 0 Å². The van der Waals surface area contributed by atoms with E-state index in [0.717, 1.165) is 12.2 Å². The number of halogens is 1. The summed E-state index contributed by atoms with van der Waals surface area (Å²) in [4.78, 5) is 31.4. The topological polar surface area (TPSA) is 113 Å². The number of rotatable bonds is 6. The van der Waals surface area contributed by atoms with Gasteiger partial charge in [0.2, 0.25) is 5.91 Å². The van der Waals surface area contributed by atoms with Crippen LogP contribution in [0, 0.1) is 0 Å². The lowest BCUT2D eigenvalue weighted by atomic mass is 9.97. The number of hydrogen-bond acceptors (Lipinski definition) is 5. The van der Waals surface area contributed by atoms with E-state index in [9.17, 15) is 9.59 Å². The zero-order valence-corrected chi connectivity index (χ0v) is 13.3. The number of nitrogens with zero attached hydrogens (tertiary/aromatic N) is 2. The van der Waals surface area contributed by atoms with Gasteiger partial charge < -0.3 is 15.1 Å². The monoisotopic (exact) mass is 336 g/mol. The fraction of sp³-hybridized carbons (Fsp3) is 0.267. The highest BCUT2D eigenvalue weighted by Crippen LogP contribution is 2.27. The molecular formula is C15H17ClN4O3. The fourth-order valence-electron chi connectivity index (χ4n) is 2.33. The van der Waals surface area contributed by atoms with Crippen LogP contribution in [0.1, 0.15) is 39.5 Å². The second kappa shape index (κ2) is 7.26. The van der Waals surface area contributed by atoms with Crippen LogP contribution in [0.15, 0.2) is 30.7 Å². The van der Waals surface area contributed by atoms with Gasteiger partial charge in [-0.15, -0.1) is 11.6 Å². The summed E-state index contributed by atoms with van der Waals surface area (Å²) in [6, 6.07) is 4.66. The fourth-order valence-corrected chi connectivity index (χ4v) is 2.54. The largest absolute Gasteiger partial charge is 0.370 e. The predicted octanol–water partition coefficient (Wildman–Crippen LogP) is 1.29. The van der Waals surface area contributed by atoms with Crippen molar-refractivity contribution in [2.45, 2.75) is 25.3 Å². The molecule has 1 aromatic carbocycles. The molecule has 1 atom stereocenters. The van der Waals surface area contributed by atoms with Crippen molar-refractivity contribution in [1.82, 2.24) is 9.55 Å². The summed E-state index contributed by atoms with van der Waals surface area (Å²) >= 11 is 6.09. The van der Waals surface area contributed by atoms with Crippen molar-refractivity contribution in [3.63, 3.8) is 0 Å². The van der Waals surface area contributed by atoms with E-state index < -0.39 is 17.3 Å². The third kappa shape index (κ3) is 3.69. The van der Waals surface area contributed by atoms with Crippen LogP contribution in [0.3, 0.4) is 0 Å². The van der Waals surface area contributed by atoms with E-state index in [1.807, 2.05) is 11.5 Å². The highest BCUT2D eigenvalue weighted by molar-refractivity contribution is 6.30. The van der Waals surface area contributed by atoms with Gasteiger partial charge >= 0.3 is 5.97 Å². The number of aromatic nitrogens is 2. The lowest BCUT2D eigenvalue weighted by molar-refractivity contribution is -0.117. The number of aryl methyl sites for hydroxylation is 1. The molecule has 2 rings (SSSR count). The normalized spacial score (nSPS) is 12.0. The van der Waals surface area contributed by atoms with E-state index in [1.54, 1.807) is 24.7 Å². The smallest absolute Gasteiger partial charge is 0.356 e. The average molecular weight is 337 g/mol. The summed E-state index contributed by atoms with van der Waals surface area (Å²) in [7, 11) is 0. The lowest BCUT2D eigenvalue weighted by Crippen LogP contribution is -2.19. The zero-order valence-electron chi connectivity index (χ0n) is 12.5. The van der Waals surface area contributed by atoms with Crippen LogP contribution >= 0.6 is 11.6 Å². The molecule has 1 unspecified atom stereocenters. The molecule has 0 spiro atoms. The molecule has 1 heterocycles. The molecule has 0 radical (unpaired) electrons. The van der Waals surface area contributed by atoms with Gasteiger partial charge in [0.1, 0.15) is 5.38 Å². The first-order valence-electron chi connectivity index (χ1n) is 6.94. The maximum Gasteiger partial charge on any atom is 0.356 e. The van der Waals surface area contributed by atoms with Crippen molar-refractivity contribution < 1.29 is 14.4 Å². The Balaban J connectivity index is 2.47. The highest BCUT2D eigenvalue weighted by Gasteiger charge is 2.20. The number of benzene rings is 1. The number of carbonyl (C=O) groups excluding carboxylic acids is 2. The maximum atomic E-state index is 11.6. The number of nitrogens with two attached hydrogens (primary N) is 2. The Kier molecular flexibility index (Phi) is 5.36. The van der Waals surface area contributed by atoms with E-state index >= 15 is 0 Å². The number of carbonyl (C=O) groups is 2. The third-order valence-electron chi connectivity index (χ3n) is 3.52. The number of hydrogen-bond donors (Lipinski definition) is 2. The van der Waals surface area contributed by atoms with Gasteiger partial charge in [-0.1, -0.05) is 6.07 Å². The molecule has 23 heavy (non-hydrogen) atoms. The summed E-state index contributed by atoms with van der Waals surface area (Å²) in [5, 5.41) is -0.994. The van der Waals surface area contributed by atoms with E-state index in [4.69, 9.17) is 23.2 Å². The van der Waals surface area contributed by atoms with E-state index in [2.05, 4.69) is 9.82 Å². The van der Waals surface area contributed by atoms with Crippen LogP contribution in [-0.2, 0) is 22.6 Å². The van der Waals surface area contributed by atoms with Gasteiger partial charge in [0.15, 0.2) is 0 Å². The van der Waals surface area contributed by atoms with Gasteiger partial charge in [0, 0.05) is 24.9 Å². The molecule has 8 heteroatoms. The quantitative estimate of drug-likeness (QED) is 0.609. The van der Waals surface area contributed by atoms with Gasteiger partial charge in [-0.3, -0.25) is 4.79 Å². The Morgan fingerprint density at radius 2 is 2.17 bits per heavy atom. The van der Waals surface area contributed by atoms with Crippen LogP contribution < -0.4 is 11.6 Å². The van der Waals surface area contributed by atoms with Crippen molar-refractivity contribution in [3.05, 3.63) is 53.1 Å². The molecule has 4 N–H and O–H groups in total. The molecule has 122 valence electrons. The van der Waals surface area contributed by atoms with Crippen molar-refractivity contribution >= 4 is 23.5 Å². The lowest BCUT2D eigenvalue weighted by Gasteiger charge is -2.14. The molecule has 1 amide bonds. The van der Waals surface area contributed by atoms with Gasteiger partial charge in [0.25, 0.3) is 0 Å². The third-order valence-corrected chi connectivity index (χ3v) is 3.97. The molecule has 1 aromatic heterocycles. The van der Waals surface area contributed by atoms with E-state index in [0.29, 0.717) is 17.5 Å². The number of imidazole rings is 1. The van der Waals surface area contributed by atoms with Crippen molar-refractivity contribution in [2.24, 2.45) is 11.6 Å². The first-order valence-corrected chi connectivity index (χ1v) is 7.37. The summed E-state index contributed by atoms with van der Waals surface area (Å²) in [6.45, 7) is 2.73. The van der Waals surface area contributed by atoms with Gasteiger partial charge in [-0.25, -0.2) is 9.78 Å². The van der Waals surface area contributed by atoms with Crippen molar-refractivity contribution in [1.29, 1.82) is 0 Å². The van der Waals surface area contributed by atoms with Crippen LogP contribution in [-0.4, -0.2) is 21.4 Å². The van der Waals surface area contributed by atoms with Gasteiger partial charge in [0.05, 0.1) is 11.9 Å². The Morgan fingerprint density at radius 3 is 2.78 bits per heavy atom. The van der Waals surface area contributed by atoms with Crippen LogP contribution in [0.2, 0.25) is 0 Å². The minimum Gasteiger partial charge on any atom is -0.370 e. The summed E-state index contributed by atoms with van der Waals surface area (Å²) < 4.78 is 1.95. The van der Waals surface area contributed by atoms with Crippen LogP contribution in [0.4, 0.5) is 0 Å². The van der Waals surface area contributed by atoms with Crippen molar-refractivity contribution in [2.75, 3.05) is 0 Å². The molecule has 0 aliphatic carbocycles. The summed E-state index contributed by atoms with van der Waals surface area (Å²) in [5.74, 6) is 3.58. The number of alkyl halides is 1. The van der Waals surface area contributed by atoms with Crippen molar-refractivity contribution in [3.8, 4) is 0 Å². The first kappa shape index (κ1) is 17.0. The zero-order chi connectivity index (χ0) is 17.0. The molecule has 2 aromatic rings. The summed E-state index contributed by atoms with van der Waals surface area (Å²) in [5.41, 5.74) is 7.69. The molecule has 0 bridgehead atoms. The maximum absolute atomic E-state index is 11.6. The minimum absolute atomic E-state index is 0.266. The second-order valence-electron chi connectivity index (χ2n) is 4.93. The Morgan fingerprint density at radius 1 is 1.43 bits per heavy atom. The van der Waals surface area contributed by atoms with E-state index in [-0.39, 0.29) is 5.56 Å². The molecule has 7 nitrogen and oxygen atoms in total. The Hall–Kier alpha value is -2.38. The van der Waals surface area contributed by atoms with E-state index in [1.165, 1.54) is 6.07 Å². The molecular weight excluding hydrogens is 320 g/mol. The molecule has 0 aliphatic heterocycles. The molecule has 0 fully saturated rings. The average Bonchev–Trinajstić information content (AvgIpc) is 3.00. The second-order valence-corrected chi connectivity index (χ2v) is 5.37. The highest BCUT2D eigenvalue weighted by atomic mass is 35.5. The number of primary amides is 1. The molecule has 0 saturated carbocycles. The molecule has 0 saturated heterocycles. The molecule has 0 aliphatic rings. The SMILES string of the molecule is CCn1cncc1Cc1cc(C(=O)ON)ccc1C(Cl)C(N)=O.